The van der Waals surface area contributed by atoms with Crippen molar-refractivity contribution in [2.45, 2.75) is 57.5 Å². The largest absolute Gasteiger partial charge is 0.344 e. The van der Waals surface area contributed by atoms with E-state index in [2.05, 4.69) is 30.8 Å². The average Bonchev–Trinajstić information content (AvgIpc) is 3.21. The lowest BCUT2D eigenvalue weighted by Gasteiger charge is -2.31. The second-order valence-corrected chi connectivity index (χ2v) is 10.9. The molecule has 1 aromatic carbocycles. The summed E-state index contributed by atoms with van der Waals surface area (Å²) in [6.45, 7) is 8.04. The number of carbonyl (C=O) groups excluding carboxylic acids is 1. The van der Waals surface area contributed by atoms with Crippen LogP contribution in [0.15, 0.2) is 40.6 Å². The van der Waals surface area contributed by atoms with E-state index < -0.39 is 10.0 Å². The number of rotatable bonds is 6. The van der Waals surface area contributed by atoms with Crippen molar-refractivity contribution >= 4 is 27.3 Å². The van der Waals surface area contributed by atoms with Crippen LogP contribution >= 0.6 is 11.3 Å². The molecule has 2 N–H and O–H groups in total. The van der Waals surface area contributed by atoms with E-state index in [1.807, 2.05) is 24.4 Å². The summed E-state index contributed by atoms with van der Waals surface area (Å²) in [5.74, 6) is -0.260. The Morgan fingerprint density at radius 1 is 1.22 bits per heavy atom. The topological polar surface area (TPSA) is 75.3 Å². The standard InChI is InChI=1S/C20H26N2O3S2/c1-13-7-10-15(27(24,25)22-14-8-9-14)12-16(13)19(23)21-18(20(2,3)4)17-6-5-11-26-17/h5-7,10-12,14,18,22H,8-9H2,1-4H3,(H,21,23). The number of carbonyl (C=O) groups is 1. The van der Waals surface area contributed by atoms with Gasteiger partial charge in [0.25, 0.3) is 5.91 Å². The van der Waals surface area contributed by atoms with Gasteiger partial charge in [0.1, 0.15) is 0 Å². The smallest absolute Gasteiger partial charge is 0.252 e. The first kappa shape index (κ1) is 20.0. The van der Waals surface area contributed by atoms with Crippen LogP contribution in [0.2, 0.25) is 0 Å². The highest BCUT2D eigenvalue weighted by molar-refractivity contribution is 7.89. The Morgan fingerprint density at radius 3 is 2.48 bits per heavy atom. The van der Waals surface area contributed by atoms with Crippen LogP contribution in [0.1, 0.15) is 60.5 Å². The van der Waals surface area contributed by atoms with Crippen LogP contribution in [0.25, 0.3) is 0 Å². The van der Waals surface area contributed by atoms with Crippen molar-refractivity contribution in [3.63, 3.8) is 0 Å². The Labute approximate surface area is 165 Å². The van der Waals surface area contributed by atoms with Gasteiger partial charge in [-0.2, -0.15) is 0 Å². The molecule has 0 bridgehead atoms. The highest BCUT2D eigenvalue weighted by atomic mass is 32.2. The molecule has 1 atom stereocenters. The summed E-state index contributed by atoms with van der Waals surface area (Å²) in [5, 5.41) is 5.09. The Bertz CT molecular complexity index is 925. The molecule has 1 fully saturated rings. The highest BCUT2D eigenvalue weighted by Crippen LogP contribution is 2.35. The number of amides is 1. The van der Waals surface area contributed by atoms with Gasteiger partial charge >= 0.3 is 0 Å². The van der Waals surface area contributed by atoms with Crippen molar-refractivity contribution in [1.82, 2.24) is 10.0 Å². The van der Waals surface area contributed by atoms with Crippen molar-refractivity contribution in [3.8, 4) is 0 Å². The normalized spacial score (nSPS) is 16.1. The number of benzene rings is 1. The number of sulfonamides is 1. The second kappa shape index (κ2) is 7.37. The molecule has 1 saturated carbocycles. The van der Waals surface area contributed by atoms with E-state index in [9.17, 15) is 13.2 Å². The minimum atomic E-state index is -3.60. The van der Waals surface area contributed by atoms with Gasteiger partial charge in [-0.05, 0) is 54.3 Å². The van der Waals surface area contributed by atoms with Crippen LogP contribution in [-0.4, -0.2) is 20.4 Å². The summed E-state index contributed by atoms with van der Waals surface area (Å²) >= 11 is 1.60. The fourth-order valence-electron chi connectivity index (χ4n) is 2.88. The first-order chi connectivity index (χ1) is 12.6. The van der Waals surface area contributed by atoms with Gasteiger partial charge in [-0.3, -0.25) is 4.79 Å². The molecule has 1 aromatic heterocycles. The van der Waals surface area contributed by atoms with E-state index in [0.717, 1.165) is 23.3 Å². The van der Waals surface area contributed by atoms with Crippen LogP contribution in [0, 0.1) is 12.3 Å². The molecule has 1 aliphatic rings. The first-order valence-corrected chi connectivity index (χ1v) is 11.4. The quantitative estimate of drug-likeness (QED) is 0.761. The van der Waals surface area contributed by atoms with Gasteiger partial charge in [-0.25, -0.2) is 13.1 Å². The molecule has 7 heteroatoms. The maximum atomic E-state index is 13.0. The fourth-order valence-corrected chi connectivity index (χ4v) is 5.23. The van der Waals surface area contributed by atoms with E-state index in [1.165, 1.54) is 6.07 Å². The molecule has 3 rings (SSSR count). The van der Waals surface area contributed by atoms with Crippen LogP contribution < -0.4 is 10.0 Å². The molecule has 0 radical (unpaired) electrons. The van der Waals surface area contributed by atoms with E-state index in [4.69, 9.17) is 0 Å². The van der Waals surface area contributed by atoms with Crippen LogP contribution in [0.4, 0.5) is 0 Å². The summed E-state index contributed by atoms with van der Waals surface area (Å²) in [7, 11) is -3.60. The Hall–Kier alpha value is -1.70. The van der Waals surface area contributed by atoms with Gasteiger partial charge in [0, 0.05) is 16.5 Å². The molecule has 146 valence electrons. The summed E-state index contributed by atoms with van der Waals surface area (Å²) in [6.07, 6.45) is 1.74. The van der Waals surface area contributed by atoms with Crippen molar-refractivity contribution in [2.75, 3.05) is 0 Å². The molecule has 2 aromatic rings. The van der Waals surface area contributed by atoms with Gasteiger partial charge in [-0.15, -0.1) is 11.3 Å². The predicted octanol–water partition coefficient (Wildman–Crippen LogP) is 4.01. The van der Waals surface area contributed by atoms with E-state index in [0.29, 0.717) is 5.56 Å². The molecule has 0 saturated heterocycles. The fraction of sp³-hybridized carbons (Fsp3) is 0.450. The number of hydrogen-bond acceptors (Lipinski definition) is 4. The Kier molecular flexibility index (Phi) is 5.47. The zero-order chi connectivity index (χ0) is 19.8. The SMILES string of the molecule is Cc1ccc(S(=O)(=O)NC2CC2)cc1C(=O)NC(c1cccs1)C(C)(C)C. The predicted molar refractivity (Wildman–Crippen MR) is 109 cm³/mol. The molecule has 1 amide bonds. The first-order valence-electron chi connectivity index (χ1n) is 9.05. The summed E-state index contributed by atoms with van der Waals surface area (Å²) < 4.78 is 27.7. The van der Waals surface area contributed by atoms with Gasteiger partial charge in [0.15, 0.2) is 0 Å². The molecule has 0 spiro atoms. The number of hydrogen-bond donors (Lipinski definition) is 2. The monoisotopic (exact) mass is 406 g/mol. The molecular weight excluding hydrogens is 380 g/mol. The van der Waals surface area contributed by atoms with Crippen LogP contribution in [0.5, 0.6) is 0 Å². The lowest BCUT2D eigenvalue weighted by Crippen LogP contribution is -2.36. The van der Waals surface area contributed by atoms with Crippen molar-refractivity contribution in [2.24, 2.45) is 5.41 Å². The van der Waals surface area contributed by atoms with Gasteiger partial charge in [0.05, 0.1) is 10.9 Å². The minimum Gasteiger partial charge on any atom is -0.344 e. The van der Waals surface area contributed by atoms with E-state index >= 15 is 0 Å². The van der Waals surface area contributed by atoms with Gasteiger partial charge in [-0.1, -0.05) is 32.9 Å². The van der Waals surface area contributed by atoms with Crippen molar-refractivity contribution in [3.05, 3.63) is 51.7 Å². The molecule has 0 aliphatic heterocycles. The summed E-state index contributed by atoms with van der Waals surface area (Å²) in [5.41, 5.74) is 0.960. The lowest BCUT2D eigenvalue weighted by atomic mass is 9.85. The summed E-state index contributed by atoms with van der Waals surface area (Å²) in [4.78, 5) is 14.2. The zero-order valence-corrected chi connectivity index (χ0v) is 17.7. The Balaban J connectivity index is 1.88. The molecule has 5 nitrogen and oxygen atoms in total. The van der Waals surface area contributed by atoms with E-state index in [-0.39, 0.29) is 28.3 Å². The van der Waals surface area contributed by atoms with Crippen molar-refractivity contribution in [1.29, 1.82) is 0 Å². The maximum Gasteiger partial charge on any atom is 0.252 e. The average molecular weight is 407 g/mol. The third-order valence-corrected chi connectivity index (χ3v) is 7.09. The van der Waals surface area contributed by atoms with Crippen LogP contribution in [0.3, 0.4) is 0 Å². The third-order valence-electron chi connectivity index (χ3n) is 4.63. The summed E-state index contributed by atoms with van der Waals surface area (Å²) in [6, 6.07) is 8.56. The molecular formula is C20H26N2O3S2. The lowest BCUT2D eigenvalue weighted by molar-refractivity contribution is 0.0902. The van der Waals surface area contributed by atoms with Gasteiger partial charge < -0.3 is 5.32 Å². The molecule has 27 heavy (non-hydrogen) atoms. The highest BCUT2D eigenvalue weighted by Gasteiger charge is 2.31. The third kappa shape index (κ3) is 4.78. The number of nitrogens with one attached hydrogen (secondary N) is 2. The van der Waals surface area contributed by atoms with E-state index in [1.54, 1.807) is 23.5 Å². The van der Waals surface area contributed by atoms with Crippen molar-refractivity contribution < 1.29 is 13.2 Å². The number of aryl methyl sites for hydroxylation is 1. The molecule has 1 heterocycles. The second-order valence-electron chi connectivity index (χ2n) is 8.16. The minimum absolute atomic E-state index is 0.0256. The molecule has 1 aliphatic carbocycles. The van der Waals surface area contributed by atoms with Gasteiger partial charge in [0.2, 0.25) is 10.0 Å². The zero-order valence-electron chi connectivity index (χ0n) is 16.1. The van der Waals surface area contributed by atoms with Crippen LogP contribution in [-0.2, 0) is 10.0 Å². The Morgan fingerprint density at radius 2 is 1.93 bits per heavy atom. The number of thiophene rings is 1. The maximum absolute atomic E-state index is 13.0. The molecule has 1 unspecified atom stereocenters.